The molecule has 2 unspecified atom stereocenters. The fourth-order valence-electron chi connectivity index (χ4n) is 9.06. The molecule has 0 amide bonds. The zero-order valence-corrected chi connectivity index (χ0v) is 34.4. The first kappa shape index (κ1) is 46.0. The molecule has 0 aromatic rings. The zero-order valence-electron chi connectivity index (χ0n) is 34.4. The number of aliphatic hydroxyl groups is 5. The molecule has 14 nitrogen and oxygen atoms in total. The highest BCUT2D eigenvalue weighted by molar-refractivity contribution is 5.73. The molecule has 3 saturated heterocycles. The Morgan fingerprint density at radius 3 is 2.13 bits per heavy atom. The van der Waals surface area contributed by atoms with Gasteiger partial charge in [0, 0.05) is 37.5 Å². The largest absolute Gasteiger partial charge is 0.459 e. The van der Waals surface area contributed by atoms with Crippen LogP contribution in [-0.2, 0) is 33.2 Å². The maximum atomic E-state index is 14.2. The van der Waals surface area contributed by atoms with Crippen molar-refractivity contribution in [3.05, 3.63) is 12.8 Å². The minimum Gasteiger partial charge on any atom is -0.459 e. The number of esters is 1. The van der Waals surface area contributed by atoms with Crippen molar-refractivity contribution in [3.63, 3.8) is 0 Å². The van der Waals surface area contributed by atoms with Crippen LogP contribution in [0.15, 0.2) is 12.8 Å². The van der Waals surface area contributed by atoms with Gasteiger partial charge in [-0.1, -0.05) is 34.3 Å². The third kappa shape index (κ3) is 10.1. The summed E-state index contributed by atoms with van der Waals surface area (Å²) in [4.78, 5) is 16.1. The van der Waals surface area contributed by atoms with Crippen LogP contribution in [0.5, 0.6) is 0 Å². The first-order chi connectivity index (χ1) is 24.5. The fourth-order valence-corrected chi connectivity index (χ4v) is 9.06. The molecule has 0 radical (unpaired) electrons. The van der Waals surface area contributed by atoms with Crippen LogP contribution in [0.3, 0.4) is 0 Å². The van der Waals surface area contributed by atoms with Crippen molar-refractivity contribution in [3.8, 4) is 0 Å². The maximum Gasteiger partial charge on any atom is 0.311 e. The second-order valence-corrected chi connectivity index (χ2v) is 17.1. The molecule has 3 aliphatic rings. The number of carbonyl (C=O) groups is 1. The smallest absolute Gasteiger partial charge is 0.311 e. The zero-order chi connectivity index (χ0) is 40.4. The molecule has 3 rings (SSSR count). The molecule has 0 bridgehead atoms. The molecule has 310 valence electrons. The molecule has 0 aliphatic carbocycles. The van der Waals surface area contributed by atoms with Gasteiger partial charge in [-0.3, -0.25) is 4.79 Å². The van der Waals surface area contributed by atoms with Gasteiger partial charge >= 0.3 is 5.97 Å². The van der Waals surface area contributed by atoms with Crippen molar-refractivity contribution in [2.75, 3.05) is 21.2 Å². The average Bonchev–Trinajstić information content (AvgIpc) is 3.08. The Bertz CT molecular complexity index is 1190. The molecule has 3 fully saturated rings. The fraction of sp³-hybridized carbons (Fsp3) is 0.923. The number of carbonyl (C=O) groups excluding carboxylic acids is 1. The van der Waals surface area contributed by atoms with E-state index in [-0.39, 0.29) is 37.3 Å². The molecular weight excluding hydrogens is 688 g/mol. The van der Waals surface area contributed by atoms with Crippen LogP contribution in [0, 0.1) is 23.7 Å². The summed E-state index contributed by atoms with van der Waals surface area (Å²) in [7, 11) is 5.26. The summed E-state index contributed by atoms with van der Waals surface area (Å²) in [5.74, 6) is -3.45. The highest BCUT2D eigenvalue weighted by Crippen LogP contribution is 2.41. The van der Waals surface area contributed by atoms with E-state index in [0.717, 1.165) is 0 Å². The predicted molar refractivity (Wildman–Crippen MR) is 198 cm³/mol. The SMILES string of the molecule is C=CN[C@@H]1[C@H](C)[C@@H](O)[C@](C)(O)C(CC)OC(=O)[C@H](C)C(O[C@H]2C[C@@](C)(OC)[C@@H](O)[C@H](C)O2)[C@H](C)[C@@H](O[C@@H]2O[C@H](C)C[C@H](N(C)C)[C@H]2O)[C@](C)(O)C[C@H]1C. The number of hydrogen-bond donors (Lipinski definition) is 6. The van der Waals surface area contributed by atoms with Crippen LogP contribution in [0.25, 0.3) is 0 Å². The van der Waals surface area contributed by atoms with Crippen molar-refractivity contribution in [1.29, 1.82) is 0 Å². The minimum atomic E-state index is -1.85. The van der Waals surface area contributed by atoms with Gasteiger partial charge in [0.2, 0.25) is 0 Å². The van der Waals surface area contributed by atoms with E-state index in [2.05, 4.69) is 11.9 Å². The summed E-state index contributed by atoms with van der Waals surface area (Å²) in [5, 5.41) is 61.9. The van der Waals surface area contributed by atoms with Crippen LogP contribution in [-0.4, -0.2) is 148 Å². The maximum absolute atomic E-state index is 14.2. The van der Waals surface area contributed by atoms with E-state index in [1.165, 1.54) is 20.2 Å². The number of nitrogens with zero attached hydrogens (tertiary/aromatic N) is 1. The first-order valence-corrected chi connectivity index (χ1v) is 19.4. The quantitative estimate of drug-likeness (QED) is 0.188. The summed E-state index contributed by atoms with van der Waals surface area (Å²) in [6.07, 6.45) is -7.11. The molecule has 0 aromatic heterocycles. The summed E-state index contributed by atoms with van der Waals surface area (Å²) in [5.41, 5.74) is -4.53. The van der Waals surface area contributed by atoms with Gasteiger partial charge in [-0.25, -0.2) is 0 Å². The van der Waals surface area contributed by atoms with Crippen LogP contribution in [0.4, 0.5) is 0 Å². The summed E-state index contributed by atoms with van der Waals surface area (Å²) in [6, 6.07) is -0.789. The standard InChI is InChI=1S/C39H72N2O12/c1-15-27-39(11,47)32(43)22(5)29(40-16-2)20(3)18-37(9,46)34(53-36-30(42)26(41(12)13)17-21(4)49-36)23(6)31(24(7)35(45)51-27)52-28-19-38(10,48-14)33(44)25(8)50-28/h16,20-34,36,40,42-44,46-47H,2,15,17-19H2,1,3-14H3/t20-,21-,22+,23+,24-,25+,26+,27?,28+,29+,30-,31?,32-,33+,34-,36+,37-,38-,39-/m1/s1. The van der Waals surface area contributed by atoms with Gasteiger partial charge in [-0.2, -0.15) is 0 Å². The molecule has 0 saturated carbocycles. The number of cyclic esters (lactones) is 1. The van der Waals surface area contributed by atoms with Crippen LogP contribution < -0.4 is 5.32 Å². The summed E-state index contributed by atoms with van der Waals surface area (Å²) < 4.78 is 37.6. The molecule has 53 heavy (non-hydrogen) atoms. The monoisotopic (exact) mass is 761 g/mol. The van der Waals surface area contributed by atoms with E-state index in [9.17, 15) is 30.3 Å². The Labute approximate surface area is 317 Å². The molecule has 3 heterocycles. The molecule has 0 spiro atoms. The summed E-state index contributed by atoms with van der Waals surface area (Å²) in [6.45, 7) is 21.3. The minimum absolute atomic E-state index is 0.121. The Morgan fingerprint density at radius 1 is 0.962 bits per heavy atom. The number of methoxy groups -OCH3 is 1. The van der Waals surface area contributed by atoms with E-state index < -0.39 is 102 Å². The van der Waals surface area contributed by atoms with E-state index in [4.69, 9.17) is 28.4 Å². The van der Waals surface area contributed by atoms with Crippen molar-refractivity contribution < 1.29 is 58.7 Å². The van der Waals surface area contributed by atoms with Gasteiger partial charge in [0.25, 0.3) is 0 Å². The van der Waals surface area contributed by atoms with Crippen molar-refractivity contribution in [2.45, 2.75) is 185 Å². The first-order valence-electron chi connectivity index (χ1n) is 19.4. The lowest BCUT2D eigenvalue weighted by atomic mass is 9.72. The molecular formula is C39H72N2O12. The Hall–Kier alpha value is -1.43. The highest BCUT2D eigenvalue weighted by Gasteiger charge is 2.53. The Morgan fingerprint density at radius 2 is 1.58 bits per heavy atom. The van der Waals surface area contributed by atoms with E-state index in [1.54, 1.807) is 41.5 Å². The third-order valence-electron chi connectivity index (χ3n) is 12.4. The van der Waals surface area contributed by atoms with Gasteiger partial charge in [-0.05, 0) is 87.0 Å². The highest BCUT2D eigenvalue weighted by atomic mass is 16.7. The molecule has 3 aliphatic heterocycles. The number of likely N-dealkylation sites (N-methyl/N-ethyl adjacent to an activating group) is 1. The number of aliphatic hydroxyl groups excluding tert-OH is 3. The molecule has 14 heteroatoms. The lowest BCUT2D eigenvalue weighted by Crippen LogP contribution is -2.62. The van der Waals surface area contributed by atoms with Crippen molar-refractivity contribution in [1.82, 2.24) is 10.2 Å². The van der Waals surface area contributed by atoms with E-state index in [1.807, 2.05) is 39.8 Å². The van der Waals surface area contributed by atoms with Crippen LogP contribution in [0.2, 0.25) is 0 Å². The second kappa shape index (κ2) is 18.2. The van der Waals surface area contributed by atoms with Crippen molar-refractivity contribution in [2.24, 2.45) is 23.7 Å². The topological polar surface area (TPSA) is 189 Å². The summed E-state index contributed by atoms with van der Waals surface area (Å²) >= 11 is 0. The van der Waals surface area contributed by atoms with Gasteiger partial charge < -0.3 is 64.2 Å². The second-order valence-electron chi connectivity index (χ2n) is 17.1. The molecule has 0 aromatic carbocycles. The van der Waals surface area contributed by atoms with Crippen LogP contribution in [0.1, 0.15) is 94.9 Å². The Balaban J connectivity index is 2.22. The van der Waals surface area contributed by atoms with Gasteiger partial charge in [0.1, 0.15) is 23.9 Å². The number of nitrogens with one attached hydrogen (secondary N) is 1. The van der Waals surface area contributed by atoms with E-state index in [0.29, 0.717) is 6.42 Å². The molecule has 19 atom stereocenters. The van der Waals surface area contributed by atoms with Gasteiger partial charge in [0.05, 0.1) is 47.6 Å². The normalized spacial score (nSPS) is 49.5. The molecule has 6 N–H and O–H groups in total. The third-order valence-corrected chi connectivity index (χ3v) is 12.4. The number of ether oxygens (including phenoxy) is 6. The van der Waals surface area contributed by atoms with E-state index >= 15 is 0 Å². The average molecular weight is 761 g/mol. The Kier molecular flexibility index (Phi) is 15.8. The van der Waals surface area contributed by atoms with Gasteiger partial charge in [-0.15, -0.1) is 0 Å². The number of rotatable bonds is 9. The predicted octanol–water partition coefficient (Wildman–Crippen LogP) is 2.32. The lowest BCUT2D eigenvalue weighted by Gasteiger charge is -2.49. The van der Waals surface area contributed by atoms with Gasteiger partial charge in [0.15, 0.2) is 12.6 Å². The van der Waals surface area contributed by atoms with Crippen LogP contribution >= 0.6 is 0 Å². The number of hydrogen-bond acceptors (Lipinski definition) is 14. The lowest BCUT2D eigenvalue weighted by molar-refractivity contribution is -0.318. The van der Waals surface area contributed by atoms with Crippen molar-refractivity contribution >= 4 is 5.97 Å².